The number of hydrogen-bond acceptors (Lipinski definition) is 1. The van der Waals surface area contributed by atoms with Crippen LogP contribution in [0.25, 0.3) is 0 Å². The molecule has 0 aromatic carbocycles. The van der Waals surface area contributed by atoms with Crippen LogP contribution < -0.4 is 5.32 Å². The third-order valence-corrected chi connectivity index (χ3v) is 4.28. The van der Waals surface area contributed by atoms with Gasteiger partial charge in [0.15, 0.2) is 0 Å². The normalized spacial score (nSPS) is 32.8. The quantitative estimate of drug-likeness (QED) is 0.728. The Morgan fingerprint density at radius 3 is 2.20 bits per heavy atom. The molecule has 0 heterocycles. The molecule has 2 saturated carbocycles. The molecule has 0 saturated heterocycles. The summed E-state index contributed by atoms with van der Waals surface area (Å²) in [5, 5.41) is 3.91. The third kappa shape index (κ3) is 3.48. The molecule has 2 fully saturated rings. The molecule has 15 heavy (non-hydrogen) atoms. The van der Waals surface area contributed by atoms with Crippen molar-refractivity contribution in [2.45, 2.75) is 83.7 Å². The molecular weight excluding hydrogens is 182 g/mol. The Morgan fingerprint density at radius 2 is 1.53 bits per heavy atom. The fourth-order valence-electron chi connectivity index (χ4n) is 3.44. The molecule has 0 spiro atoms. The largest absolute Gasteiger partial charge is 0.311 e. The van der Waals surface area contributed by atoms with Crippen LogP contribution in [0.5, 0.6) is 0 Å². The van der Waals surface area contributed by atoms with E-state index in [1.54, 1.807) is 0 Å². The highest BCUT2D eigenvalue weighted by molar-refractivity contribution is 4.86. The van der Waals surface area contributed by atoms with Gasteiger partial charge < -0.3 is 5.32 Å². The summed E-state index contributed by atoms with van der Waals surface area (Å²) in [6.45, 7) is 4.86. The maximum atomic E-state index is 3.91. The van der Waals surface area contributed by atoms with Gasteiger partial charge in [0.25, 0.3) is 0 Å². The Morgan fingerprint density at radius 1 is 0.867 bits per heavy atom. The Labute approximate surface area is 95.0 Å². The molecule has 2 rings (SSSR count). The van der Waals surface area contributed by atoms with Gasteiger partial charge in [0, 0.05) is 12.1 Å². The first-order valence-electron chi connectivity index (χ1n) is 6.92. The molecule has 0 aromatic rings. The molecule has 88 valence electrons. The van der Waals surface area contributed by atoms with Crippen LogP contribution in [0.4, 0.5) is 0 Å². The number of rotatable bonds is 2. The highest BCUT2D eigenvalue weighted by Crippen LogP contribution is 2.35. The Hall–Kier alpha value is -0.0400. The van der Waals surface area contributed by atoms with Crippen molar-refractivity contribution in [3.05, 3.63) is 0 Å². The second kappa shape index (κ2) is 4.86. The van der Waals surface area contributed by atoms with E-state index in [0.717, 1.165) is 12.1 Å². The molecule has 0 amide bonds. The summed E-state index contributed by atoms with van der Waals surface area (Å²) in [5.74, 6) is 0. The molecule has 2 aliphatic rings. The maximum Gasteiger partial charge on any atom is 0.00747 e. The maximum absolute atomic E-state index is 3.91. The number of hydrogen-bond donors (Lipinski definition) is 1. The monoisotopic (exact) mass is 209 g/mol. The van der Waals surface area contributed by atoms with Gasteiger partial charge in [-0.05, 0) is 37.5 Å². The predicted octanol–water partition coefficient (Wildman–Crippen LogP) is 3.88. The molecular formula is C14H27N. The minimum Gasteiger partial charge on any atom is -0.311 e. The predicted molar refractivity (Wildman–Crippen MR) is 66.0 cm³/mol. The van der Waals surface area contributed by atoms with Crippen molar-refractivity contribution < 1.29 is 0 Å². The molecule has 0 bridgehead atoms. The SMILES string of the molecule is CC1(C)CCCC(NC2CCCCC2)C1. The summed E-state index contributed by atoms with van der Waals surface area (Å²) in [4.78, 5) is 0. The summed E-state index contributed by atoms with van der Waals surface area (Å²) >= 11 is 0. The summed E-state index contributed by atoms with van der Waals surface area (Å²) in [7, 11) is 0. The zero-order chi connectivity index (χ0) is 10.7. The smallest absolute Gasteiger partial charge is 0.00747 e. The van der Waals surface area contributed by atoms with Crippen molar-refractivity contribution in [1.82, 2.24) is 5.32 Å². The second-order valence-electron chi connectivity index (χ2n) is 6.46. The van der Waals surface area contributed by atoms with E-state index in [0.29, 0.717) is 5.41 Å². The molecule has 0 aliphatic heterocycles. The molecule has 1 nitrogen and oxygen atoms in total. The summed E-state index contributed by atoms with van der Waals surface area (Å²) in [5.41, 5.74) is 0.588. The highest BCUT2D eigenvalue weighted by atomic mass is 15.0. The average molecular weight is 209 g/mol. The first-order chi connectivity index (χ1) is 7.16. The van der Waals surface area contributed by atoms with Crippen molar-refractivity contribution in [3.8, 4) is 0 Å². The van der Waals surface area contributed by atoms with Crippen molar-refractivity contribution in [3.63, 3.8) is 0 Å². The van der Waals surface area contributed by atoms with Crippen LogP contribution in [0, 0.1) is 5.41 Å². The van der Waals surface area contributed by atoms with Gasteiger partial charge in [-0.15, -0.1) is 0 Å². The van der Waals surface area contributed by atoms with Crippen LogP contribution in [0.15, 0.2) is 0 Å². The van der Waals surface area contributed by atoms with E-state index in [2.05, 4.69) is 19.2 Å². The first kappa shape index (κ1) is 11.4. The van der Waals surface area contributed by atoms with Gasteiger partial charge in [-0.3, -0.25) is 0 Å². The molecule has 1 unspecified atom stereocenters. The fourth-order valence-corrected chi connectivity index (χ4v) is 3.44. The zero-order valence-corrected chi connectivity index (χ0v) is 10.5. The molecule has 0 radical (unpaired) electrons. The van der Waals surface area contributed by atoms with Crippen molar-refractivity contribution >= 4 is 0 Å². The lowest BCUT2D eigenvalue weighted by Crippen LogP contribution is -2.43. The molecule has 0 aromatic heterocycles. The summed E-state index contributed by atoms with van der Waals surface area (Å²) < 4.78 is 0. The molecule has 1 N–H and O–H groups in total. The third-order valence-electron chi connectivity index (χ3n) is 4.28. The number of nitrogens with one attached hydrogen (secondary N) is 1. The zero-order valence-electron chi connectivity index (χ0n) is 10.5. The summed E-state index contributed by atoms with van der Waals surface area (Å²) in [6, 6.07) is 1.66. The Balaban J connectivity index is 1.78. The van der Waals surface area contributed by atoms with Crippen molar-refractivity contribution in [2.24, 2.45) is 5.41 Å². The molecule has 2 aliphatic carbocycles. The Bertz CT molecular complexity index is 192. The van der Waals surface area contributed by atoms with Gasteiger partial charge in [-0.1, -0.05) is 39.5 Å². The van der Waals surface area contributed by atoms with Gasteiger partial charge in [-0.25, -0.2) is 0 Å². The molecule has 1 atom stereocenters. The Kier molecular flexibility index (Phi) is 3.71. The lowest BCUT2D eigenvalue weighted by Gasteiger charge is -2.38. The van der Waals surface area contributed by atoms with Gasteiger partial charge in [-0.2, -0.15) is 0 Å². The van der Waals surface area contributed by atoms with E-state index in [9.17, 15) is 0 Å². The van der Waals surface area contributed by atoms with E-state index in [1.165, 1.54) is 57.8 Å². The van der Waals surface area contributed by atoms with E-state index >= 15 is 0 Å². The van der Waals surface area contributed by atoms with E-state index in [1.807, 2.05) is 0 Å². The van der Waals surface area contributed by atoms with E-state index < -0.39 is 0 Å². The van der Waals surface area contributed by atoms with Crippen LogP contribution in [0.1, 0.15) is 71.6 Å². The van der Waals surface area contributed by atoms with Crippen molar-refractivity contribution in [1.29, 1.82) is 0 Å². The van der Waals surface area contributed by atoms with Crippen LogP contribution in [0.2, 0.25) is 0 Å². The lowest BCUT2D eigenvalue weighted by molar-refractivity contribution is 0.180. The van der Waals surface area contributed by atoms with Crippen LogP contribution in [-0.2, 0) is 0 Å². The van der Waals surface area contributed by atoms with Crippen LogP contribution >= 0.6 is 0 Å². The minimum atomic E-state index is 0.588. The van der Waals surface area contributed by atoms with Crippen LogP contribution in [-0.4, -0.2) is 12.1 Å². The summed E-state index contributed by atoms with van der Waals surface area (Å²) in [6.07, 6.45) is 12.9. The first-order valence-corrected chi connectivity index (χ1v) is 6.92. The van der Waals surface area contributed by atoms with E-state index in [-0.39, 0.29) is 0 Å². The van der Waals surface area contributed by atoms with Crippen molar-refractivity contribution in [2.75, 3.05) is 0 Å². The second-order valence-corrected chi connectivity index (χ2v) is 6.46. The molecule has 1 heteroatoms. The van der Waals surface area contributed by atoms with Gasteiger partial charge in [0.05, 0.1) is 0 Å². The average Bonchev–Trinajstić information content (AvgIpc) is 2.17. The fraction of sp³-hybridized carbons (Fsp3) is 1.00. The lowest BCUT2D eigenvalue weighted by atomic mass is 9.75. The van der Waals surface area contributed by atoms with Gasteiger partial charge in [0.1, 0.15) is 0 Å². The van der Waals surface area contributed by atoms with Crippen LogP contribution in [0.3, 0.4) is 0 Å². The van der Waals surface area contributed by atoms with Gasteiger partial charge in [0.2, 0.25) is 0 Å². The minimum absolute atomic E-state index is 0.588. The van der Waals surface area contributed by atoms with E-state index in [4.69, 9.17) is 0 Å². The standard InChI is InChI=1S/C14H27N/c1-14(2)10-6-9-13(11-14)15-12-7-4-3-5-8-12/h12-13,15H,3-11H2,1-2H3. The highest BCUT2D eigenvalue weighted by Gasteiger charge is 2.29. The van der Waals surface area contributed by atoms with Gasteiger partial charge >= 0.3 is 0 Å². The topological polar surface area (TPSA) is 12.0 Å².